The number of halogens is 1. The molecule has 0 saturated carbocycles. The predicted molar refractivity (Wildman–Crippen MR) is 75.8 cm³/mol. The van der Waals surface area contributed by atoms with Crippen molar-refractivity contribution in [1.82, 2.24) is 5.32 Å². The second kappa shape index (κ2) is 7.48. The van der Waals surface area contributed by atoms with Crippen molar-refractivity contribution in [2.75, 3.05) is 19.8 Å². The maximum Gasteiger partial charge on any atom is 0.254 e. The van der Waals surface area contributed by atoms with E-state index >= 15 is 0 Å². The smallest absolute Gasteiger partial charge is 0.254 e. The van der Waals surface area contributed by atoms with Gasteiger partial charge in [0.25, 0.3) is 5.91 Å². The standard InChI is InChI=1S/C13H19FN2O4S/c1-9(2)8-20-6-5-16-13(17)11-7-10(21(15,18)19)3-4-12(11)14/h3-4,7,9H,5-6,8H2,1-2H3,(H,16,17)(H2,15,18,19). The first kappa shape index (κ1) is 17.5. The van der Waals surface area contributed by atoms with Gasteiger partial charge in [-0.3, -0.25) is 4.79 Å². The molecule has 0 aromatic heterocycles. The van der Waals surface area contributed by atoms with Crippen LogP contribution in [-0.2, 0) is 14.8 Å². The summed E-state index contributed by atoms with van der Waals surface area (Å²) in [6.45, 7) is 5.04. The molecule has 0 spiro atoms. The Morgan fingerprint density at radius 2 is 2.10 bits per heavy atom. The fourth-order valence-electron chi connectivity index (χ4n) is 1.51. The normalized spacial score (nSPS) is 11.7. The molecule has 0 atom stereocenters. The molecular formula is C13H19FN2O4S. The first-order chi connectivity index (χ1) is 9.71. The van der Waals surface area contributed by atoms with E-state index in [1.807, 2.05) is 13.8 Å². The number of sulfonamides is 1. The Balaban J connectivity index is 2.66. The zero-order chi connectivity index (χ0) is 16.0. The summed E-state index contributed by atoms with van der Waals surface area (Å²) >= 11 is 0. The van der Waals surface area contributed by atoms with Crippen LogP contribution in [0.15, 0.2) is 23.1 Å². The van der Waals surface area contributed by atoms with Crippen molar-refractivity contribution in [3.8, 4) is 0 Å². The summed E-state index contributed by atoms with van der Waals surface area (Å²) in [6.07, 6.45) is 0. The van der Waals surface area contributed by atoms with Crippen LogP contribution >= 0.6 is 0 Å². The maximum absolute atomic E-state index is 13.6. The third-order valence-corrected chi connectivity index (χ3v) is 3.41. The number of nitrogens with two attached hydrogens (primary N) is 1. The fourth-order valence-corrected chi connectivity index (χ4v) is 2.05. The van der Waals surface area contributed by atoms with Crippen molar-refractivity contribution in [3.05, 3.63) is 29.6 Å². The van der Waals surface area contributed by atoms with Gasteiger partial charge in [-0.1, -0.05) is 13.8 Å². The summed E-state index contributed by atoms with van der Waals surface area (Å²) in [7, 11) is -3.99. The van der Waals surface area contributed by atoms with E-state index in [1.54, 1.807) is 0 Å². The molecule has 0 aliphatic heterocycles. The van der Waals surface area contributed by atoms with Crippen LogP contribution in [0.5, 0.6) is 0 Å². The van der Waals surface area contributed by atoms with Crippen LogP contribution in [0, 0.1) is 11.7 Å². The van der Waals surface area contributed by atoms with E-state index in [2.05, 4.69) is 5.32 Å². The number of benzene rings is 1. The third kappa shape index (κ3) is 5.78. The monoisotopic (exact) mass is 318 g/mol. The predicted octanol–water partition coefficient (Wildman–Crippen LogP) is 0.876. The fraction of sp³-hybridized carbons (Fsp3) is 0.462. The van der Waals surface area contributed by atoms with Gasteiger partial charge in [-0.15, -0.1) is 0 Å². The molecule has 0 unspecified atom stereocenters. The summed E-state index contributed by atoms with van der Waals surface area (Å²) in [5.41, 5.74) is -0.370. The molecule has 0 fully saturated rings. The van der Waals surface area contributed by atoms with E-state index in [0.29, 0.717) is 19.1 Å². The lowest BCUT2D eigenvalue weighted by Crippen LogP contribution is -2.28. The highest BCUT2D eigenvalue weighted by Gasteiger charge is 2.16. The van der Waals surface area contributed by atoms with Gasteiger partial charge in [-0.2, -0.15) is 0 Å². The van der Waals surface area contributed by atoms with Crippen molar-refractivity contribution in [2.45, 2.75) is 18.7 Å². The molecule has 0 bridgehead atoms. The van der Waals surface area contributed by atoms with Crippen LogP contribution in [0.3, 0.4) is 0 Å². The topological polar surface area (TPSA) is 98.5 Å². The molecule has 6 nitrogen and oxygen atoms in total. The lowest BCUT2D eigenvalue weighted by Gasteiger charge is -2.09. The number of carbonyl (C=O) groups excluding carboxylic acids is 1. The molecular weight excluding hydrogens is 299 g/mol. The van der Waals surface area contributed by atoms with E-state index in [0.717, 1.165) is 18.2 Å². The zero-order valence-corrected chi connectivity index (χ0v) is 12.7. The Morgan fingerprint density at radius 3 is 2.67 bits per heavy atom. The molecule has 0 heterocycles. The van der Waals surface area contributed by atoms with Crippen LogP contribution in [0.1, 0.15) is 24.2 Å². The van der Waals surface area contributed by atoms with Crippen molar-refractivity contribution in [2.24, 2.45) is 11.1 Å². The molecule has 1 amide bonds. The highest BCUT2D eigenvalue weighted by atomic mass is 32.2. The molecule has 0 radical (unpaired) electrons. The van der Waals surface area contributed by atoms with E-state index in [1.165, 1.54) is 0 Å². The number of nitrogens with one attached hydrogen (secondary N) is 1. The van der Waals surface area contributed by atoms with Crippen molar-refractivity contribution in [1.29, 1.82) is 0 Å². The Kier molecular flexibility index (Phi) is 6.25. The van der Waals surface area contributed by atoms with Gasteiger partial charge in [0.15, 0.2) is 0 Å². The largest absolute Gasteiger partial charge is 0.379 e. The second-order valence-electron chi connectivity index (χ2n) is 4.91. The number of amides is 1. The number of primary sulfonamides is 1. The van der Waals surface area contributed by atoms with Crippen molar-refractivity contribution >= 4 is 15.9 Å². The van der Waals surface area contributed by atoms with Gasteiger partial charge in [-0.05, 0) is 24.1 Å². The maximum atomic E-state index is 13.6. The Bertz CT molecular complexity index is 602. The minimum Gasteiger partial charge on any atom is -0.379 e. The lowest BCUT2D eigenvalue weighted by atomic mass is 10.2. The number of rotatable bonds is 7. The van der Waals surface area contributed by atoms with Gasteiger partial charge in [0.05, 0.1) is 17.1 Å². The molecule has 21 heavy (non-hydrogen) atoms. The van der Waals surface area contributed by atoms with Crippen LogP contribution in [-0.4, -0.2) is 34.1 Å². The highest BCUT2D eigenvalue weighted by molar-refractivity contribution is 7.89. The Hall–Kier alpha value is -1.51. The molecule has 0 aliphatic rings. The van der Waals surface area contributed by atoms with Gasteiger partial charge in [0.2, 0.25) is 10.0 Å². The SMILES string of the molecule is CC(C)COCCNC(=O)c1cc(S(N)(=O)=O)ccc1F. The number of carbonyl (C=O) groups is 1. The molecule has 1 aromatic carbocycles. The molecule has 1 aromatic rings. The minimum absolute atomic E-state index is 0.199. The average Bonchev–Trinajstić information content (AvgIpc) is 2.36. The molecule has 118 valence electrons. The Labute approximate surface area is 123 Å². The first-order valence-electron chi connectivity index (χ1n) is 6.40. The quantitative estimate of drug-likeness (QED) is 0.729. The molecule has 0 saturated heterocycles. The van der Waals surface area contributed by atoms with Gasteiger partial charge >= 0.3 is 0 Å². The molecule has 8 heteroatoms. The molecule has 1 rings (SSSR count). The van der Waals surface area contributed by atoms with E-state index in [-0.39, 0.29) is 17.0 Å². The van der Waals surface area contributed by atoms with E-state index < -0.39 is 21.7 Å². The zero-order valence-electron chi connectivity index (χ0n) is 11.9. The van der Waals surface area contributed by atoms with Crippen LogP contribution < -0.4 is 10.5 Å². The van der Waals surface area contributed by atoms with E-state index in [4.69, 9.17) is 9.88 Å². The lowest BCUT2D eigenvalue weighted by molar-refractivity contribution is 0.0882. The van der Waals surface area contributed by atoms with Gasteiger partial charge < -0.3 is 10.1 Å². The van der Waals surface area contributed by atoms with Gasteiger partial charge in [-0.25, -0.2) is 17.9 Å². The number of hydrogen-bond donors (Lipinski definition) is 2. The van der Waals surface area contributed by atoms with E-state index in [9.17, 15) is 17.6 Å². The molecule has 3 N–H and O–H groups in total. The second-order valence-corrected chi connectivity index (χ2v) is 6.47. The van der Waals surface area contributed by atoms with Crippen molar-refractivity contribution < 1.29 is 22.3 Å². The first-order valence-corrected chi connectivity index (χ1v) is 7.94. The summed E-state index contributed by atoms with van der Waals surface area (Å²) in [5.74, 6) is -1.15. The summed E-state index contributed by atoms with van der Waals surface area (Å²) in [4.78, 5) is 11.5. The summed E-state index contributed by atoms with van der Waals surface area (Å²) < 4.78 is 41.2. The number of ether oxygens (including phenoxy) is 1. The van der Waals surface area contributed by atoms with Crippen molar-refractivity contribution in [3.63, 3.8) is 0 Å². The van der Waals surface area contributed by atoms with Gasteiger partial charge in [0.1, 0.15) is 5.82 Å². The van der Waals surface area contributed by atoms with Crippen LogP contribution in [0.4, 0.5) is 4.39 Å². The summed E-state index contributed by atoms with van der Waals surface area (Å²) in [6, 6.07) is 2.81. The Morgan fingerprint density at radius 1 is 1.43 bits per heavy atom. The van der Waals surface area contributed by atoms with Crippen LogP contribution in [0.25, 0.3) is 0 Å². The molecule has 0 aliphatic carbocycles. The average molecular weight is 318 g/mol. The summed E-state index contributed by atoms with van der Waals surface area (Å²) in [5, 5.41) is 7.39. The highest BCUT2D eigenvalue weighted by Crippen LogP contribution is 2.13. The number of hydrogen-bond acceptors (Lipinski definition) is 4. The van der Waals surface area contributed by atoms with Crippen LogP contribution in [0.2, 0.25) is 0 Å². The minimum atomic E-state index is -3.99. The third-order valence-electron chi connectivity index (χ3n) is 2.49. The van der Waals surface area contributed by atoms with Gasteiger partial charge in [0, 0.05) is 13.2 Å².